The molecule has 1 aromatic carbocycles. The van der Waals surface area contributed by atoms with Crippen molar-refractivity contribution in [2.75, 3.05) is 6.54 Å². The van der Waals surface area contributed by atoms with Gasteiger partial charge in [-0.15, -0.1) is 0 Å². The van der Waals surface area contributed by atoms with Crippen molar-refractivity contribution in [3.05, 3.63) is 35.9 Å². The molecule has 0 aromatic heterocycles. The third kappa shape index (κ3) is 4.26. The van der Waals surface area contributed by atoms with Gasteiger partial charge in [-0.3, -0.25) is 0 Å². The first kappa shape index (κ1) is 14.4. The largest absolute Gasteiger partial charge is 0.480 e. The van der Waals surface area contributed by atoms with Crippen molar-refractivity contribution in [2.45, 2.75) is 32.2 Å². The second-order valence-electron chi connectivity index (χ2n) is 5.72. The minimum atomic E-state index is -1.03. The van der Waals surface area contributed by atoms with Crippen molar-refractivity contribution in [3.8, 4) is 0 Å². The number of nitrogens with one attached hydrogen (secondary N) is 2. The monoisotopic (exact) mass is 276 g/mol. The number of carbonyl (C=O) groups excluding carboxylic acids is 1. The number of urea groups is 1. The molecule has 1 atom stereocenters. The number of rotatable bonds is 6. The molecule has 1 aromatic rings. The predicted molar refractivity (Wildman–Crippen MR) is 75.4 cm³/mol. The maximum atomic E-state index is 11.7. The van der Waals surface area contributed by atoms with Crippen LogP contribution in [0.2, 0.25) is 0 Å². The summed E-state index contributed by atoms with van der Waals surface area (Å²) in [6.45, 7) is 2.70. The first-order valence-corrected chi connectivity index (χ1v) is 6.80. The van der Waals surface area contributed by atoms with E-state index in [1.54, 1.807) is 0 Å². The highest BCUT2D eigenvalue weighted by atomic mass is 16.4. The van der Waals surface area contributed by atoms with Crippen LogP contribution >= 0.6 is 0 Å². The molecule has 2 rings (SSSR count). The molecule has 1 saturated carbocycles. The smallest absolute Gasteiger partial charge is 0.326 e. The van der Waals surface area contributed by atoms with E-state index in [0.29, 0.717) is 6.54 Å². The number of aliphatic carboxylic acids is 1. The summed E-state index contributed by atoms with van der Waals surface area (Å²) >= 11 is 0. The highest BCUT2D eigenvalue weighted by Gasteiger charge is 2.37. The van der Waals surface area contributed by atoms with Gasteiger partial charge in [0.2, 0.25) is 0 Å². The van der Waals surface area contributed by atoms with Crippen LogP contribution in [0.4, 0.5) is 4.79 Å². The van der Waals surface area contributed by atoms with E-state index in [1.165, 1.54) is 0 Å². The molecule has 0 heterocycles. The van der Waals surface area contributed by atoms with Gasteiger partial charge in [0.05, 0.1) is 0 Å². The fourth-order valence-corrected chi connectivity index (χ4v) is 1.94. The minimum absolute atomic E-state index is 0.204. The van der Waals surface area contributed by atoms with Crippen LogP contribution in [-0.2, 0) is 11.2 Å². The van der Waals surface area contributed by atoms with Crippen molar-refractivity contribution in [2.24, 2.45) is 5.41 Å². The summed E-state index contributed by atoms with van der Waals surface area (Å²) in [5, 5.41) is 14.4. The number of carboxylic acid groups (broad SMARTS) is 1. The van der Waals surface area contributed by atoms with Crippen LogP contribution in [0.3, 0.4) is 0 Å². The number of amides is 2. The second kappa shape index (κ2) is 5.94. The average Bonchev–Trinajstić information content (AvgIpc) is 3.15. The Morgan fingerprint density at radius 3 is 2.50 bits per heavy atom. The molecule has 1 aliphatic rings. The molecule has 0 unspecified atom stereocenters. The summed E-state index contributed by atoms with van der Waals surface area (Å²) in [7, 11) is 0. The number of carbonyl (C=O) groups is 2. The van der Waals surface area contributed by atoms with Crippen LogP contribution in [0.15, 0.2) is 30.3 Å². The number of hydrogen-bond donors (Lipinski definition) is 3. The summed E-state index contributed by atoms with van der Waals surface area (Å²) in [4.78, 5) is 22.9. The van der Waals surface area contributed by atoms with Gasteiger partial charge < -0.3 is 15.7 Å². The zero-order valence-corrected chi connectivity index (χ0v) is 11.6. The van der Waals surface area contributed by atoms with E-state index in [4.69, 9.17) is 0 Å². The molecule has 0 bridgehead atoms. The Bertz CT molecular complexity index is 483. The molecule has 2 amide bonds. The number of carboxylic acids is 1. The van der Waals surface area contributed by atoms with E-state index in [0.717, 1.165) is 18.4 Å². The average molecular weight is 276 g/mol. The fraction of sp³-hybridized carbons (Fsp3) is 0.467. The molecule has 1 aliphatic carbocycles. The van der Waals surface area contributed by atoms with Crippen molar-refractivity contribution >= 4 is 12.0 Å². The van der Waals surface area contributed by atoms with E-state index >= 15 is 0 Å². The fourth-order valence-electron chi connectivity index (χ4n) is 1.94. The molecule has 108 valence electrons. The van der Waals surface area contributed by atoms with Gasteiger partial charge in [0, 0.05) is 13.0 Å². The van der Waals surface area contributed by atoms with E-state index in [2.05, 4.69) is 17.6 Å². The Labute approximate surface area is 118 Å². The highest BCUT2D eigenvalue weighted by Crippen LogP contribution is 2.43. The van der Waals surface area contributed by atoms with Crippen molar-refractivity contribution in [1.82, 2.24) is 10.6 Å². The third-order valence-electron chi connectivity index (χ3n) is 3.67. The molecule has 20 heavy (non-hydrogen) atoms. The minimum Gasteiger partial charge on any atom is -0.480 e. The van der Waals surface area contributed by atoms with Crippen LogP contribution in [0.5, 0.6) is 0 Å². The Balaban J connectivity index is 1.85. The lowest BCUT2D eigenvalue weighted by molar-refractivity contribution is -0.139. The maximum absolute atomic E-state index is 11.7. The van der Waals surface area contributed by atoms with Crippen LogP contribution in [0.25, 0.3) is 0 Å². The van der Waals surface area contributed by atoms with Gasteiger partial charge in [-0.05, 0) is 23.8 Å². The molecular formula is C15H20N2O3. The summed E-state index contributed by atoms with van der Waals surface area (Å²) in [5.74, 6) is -1.03. The summed E-state index contributed by atoms with van der Waals surface area (Å²) in [6, 6.07) is 7.94. The zero-order chi connectivity index (χ0) is 14.6. The molecule has 0 aliphatic heterocycles. The highest BCUT2D eigenvalue weighted by molar-refractivity contribution is 5.82. The maximum Gasteiger partial charge on any atom is 0.326 e. The van der Waals surface area contributed by atoms with Gasteiger partial charge in [0.1, 0.15) is 6.04 Å². The zero-order valence-electron chi connectivity index (χ0n) is 11.6. The Morgan fingerprint density at radius 1 is 1.30 bits per heavy atom. The van der Waals surface area contributed by atoms with Gasteiger partial charge in [-0.2, -0.15) is 0 Å². The van der Waals surface area contributed by atoms with Crippen molar-refractivity contribution < 1.29 is 14.7 Å². The molecule has 0 saturated heterocycles. The van der Waals surface area contributed by atoms with E-state index in [-0.39, 0.29) is 11.8 Å². The lowest BCUT2D eigenvalue weighted by Crippen LogP contribution is -2.48. The number of hydrogen-bond acceptors (Lipinski definition) is 2. The van der Waals surface area contributed by atoms with E-state index < -0.39 is 18.0 Å². The van der Waals surface area contributed by atoms with E-state index in [1.807, 2.05) is 30.3 Å². The van der Waals surface area contributed by atoms with Gasteiger partial charge in [-0.1, -0.05) is 37.3 Å². The first-order valence-electron chi connectivity index (χ1n) is 6.80. The molecule has 0 radical (unpaired) electrons. The summed E-state index contributed by atoms with van der Waals surface area (Å²) < 4.78 is 0. The molecular weight excluding hydrogens is 256 g/mol. The Hall–Kier alpha value is -2.04. The lowest BCUT2D eigenvalue weighted by Gasteiger charge is -2.16. The number of benzene rings is 1. The Morgan fingerprint density at radius 2 is 1.95 bits per heavy atom. The topological polar surface area (TPSA) is 78.4 Å². The third-order valence-corrected chi connectivity index (χ3v) is 3.67. The van der Waals surface area contributed by atoms with Gasteiger partial charge >= 0.3 is 12.0 Å². The van der Waals surface area contributed by atoms with Gasteiger partial charge in [0.15, 0.2) is 0 Å². The van der Waals surface area contributed by atoms with Crippen molar-refractivity contribution in [1.29, 1.82) is 0 Å². The molecule has 1 fully saturated rings. The Kier molecular flexibility index (Phi) is 4.27. The quantitative estimate of drug-likeness (QED) is 0.741. The molecule has 5 heteroatoms. The van der Waals surface area contributed by atoms with Crippen molar-refractivity contribution in [3.63, 3.8) is 0 Å². The standard InChI is InChI=1S/C15H20N2O3/c1-15(7-8-15)10-16-14(20)17-12(13(18)19)9-11-5-3-2-4-6-11/h2-6,12H,7-10H2,1H3,(H,18,19)(H2,16,17,20)/t12-/m0/s1. The summed E-state index contributed by atoms with van der Waals surface area (Å²) in [6.07, 6.45) is 2.50. The normalized spacial score (nSPS) is 17.1. The molecule has 0 spiro atoms. The summed E-state index contributed by atoms with van der Waals surface area (Å²) in [5.41, 5.74) is 1.09. The van der Waals surface area contributed by atoms with Crippen LogP contribution in [-0.4, -0.2) is 29.7 Å². The van der Waals surface area contributed by atoms with Crippen LogP contribution in [0, 0.1) is 5.41 Å². The first-order chi connectivity index (χ1) is 9.48. The van der Waals surface area contributed by atoms with E-state index in [9.17, 15) is 14.7 Å². The lowest BCUT2D eigenvalue weighted by atomic mass is 10.1. The molecule has 3 N–H and O–H groups in total. The second-order valence-corrected chi connectivity index (χ2v) is 5.72. The van der Waals surface area contributed by atoms with Crippen LogP contribution in [0.1, 0.15) is 25.3 Å². The predicted octanol–water partition coefficient (Wildman–Crippen LogP) is 1.78. The van der Waals surface area contributed by atoms with Crippen LogP contribution < -0.4 is 10.6 Å². The molecule has 5 nitrogen and oxygen atoms in total. The van der Waals surface area contributed by atoms with Gasteiger partial charge in [0.25, 0.3) is 0 Å². The SMILES string of the molecule is CC1(CNC(=O)N[C@@H](Cc2ccccc2)C(=O)O)CC1. The van der Waals surface area contributed by atoms with Gasteiger partial charge in [-0.25, -0.2) is 9.59 Å².